The topological polar surface area (TPSA) is 12.9 Å². The molecular weight excluding hydrogens is 178 g/mol. The maximum atomic E-state index is 4.46. The number of aromatic nitrogens is 1. The molecule has 0 amide bonds. The fourth-order valence-electron chi connectivity index (χ4n) is 1.71. The second kappa shape index (κ2) is 3.26. The third kappa shape index (κ3) is 1.55. The van der Waals surface area contributed by atoms with Gasteiger partial charge in [0.1, 0.15) is 0 Å². The van der Waals surface area contributed by atoms with Crippen molar-refractivity contribution < 1.29 is 0 Å². The van der Waals surface area contributed by atoms with Crippen LogP contribution in [0.15, 0.2) is 0 Å². The van der Waals surface area contributed by atoms with E-state index in [1.807, 2.05) is 25.2 Å². The number of rotatable bonds is 0. The minimum absolute atomic E-state index is 0.837. The molecule has 0 bridgehead atoms. The van der Waals surface area contributed by atoms with E-state index in [2.05, 4.69) is 24.1 Å². The molecule has 1 heterocycles. The van der Waals surface area contributed by atoms with Gasteiger partial charge in [0.05, 0.1) is 14.9 Å². The van der Waals surface area contributed by atoms with E-state index < -0.39 is 0 Å². The molecule has 70 valence electrons. The van der Waals surface area contributed by atoms with Gasteiger partial charge in [-0.1, -0.05) is 26.0 Å². The minimum Gasteiger partial charge on any atom is -0.242 e. The van der Waals surface area contributed by atoms with Gasteiger partial charge in [0.25, 0.3) is 0 Å². The van der Waals surface area contributed by atoms with Crippen molar-refractivity contribution in [2.75, 3.05) is 0 Å². The van der Waals surface area contributed by atoms with Crippen molar-refractivity contribution in [2.45, 2.75) is 27.2 Å². The molecule has 0 spiro atoms. The molecule has 0 N–H and O–H groups in total. The van der Waals surface area contributed by atoms with Gasteiger partial charge < -0.3 is 0 Å². The highest BCUT2D eigenvalue weighted by Gasteiger charge is 2.35. The average Bonchev–Trinajstić information content (AvgIpc) is 2.77. The van der Waals surface area contributed by atoms with Gasteiger partial charge in [-0.05, 0) is 25.2 Å². The largest absolute Gasteiger partial charge is 0.242 e. The summed E-state index contributed by atoms with van der Waals surface area (Å²) >= 11 is 1.82. The van der Waals surface area contributed by atoms with Crippen LogP contribution < -0.4 is 9.88 Å². The number of hydrogen-bond donors (Lipinski definition) is 0. The second-order valence-corrected chi connectivity index (χ2v) is 4.61. The Morgan fingerprint density at radius 2 is 2.00 bits per heavy atom. The van der Waals surface area contributed by atoms with Gasteiger partial charge in [-0.3, -0.25) is 0 Å². The van der Waals surface area contributed by atoms with Gasteiger partial charge in [0.2, 0.25) is 0 Å². The van der Waals surface area contributed by atoms with Crippen LogP contribution in [0, 0.1) is 18.8 Å². The Bertz CT molecular complexity index is 378. The summed E-state index contributed by atoms with van der Waals surface area (Å²) < 4.78 is 1.40. The lowest BCUT2D eigenvalue weighted by atomic mass is 10.2. The van der Waals surface area contributed by atoms with Crippen molar-refractivity contribution in [3.05, 3.63) is 14.9 Å². The summed E-state index contributed by atoms with van der Waals surface area (Å²) in [4.78, 5) is 4.46. The Kier molecular flexibility index (Phi) is 2.24. The lowest BCUT2D eigenvalue weighted by Crippen LogP contribution is -2.23. The molecule has 1 saturated carbocycles. The maximum Gasteiger partial charge on any atom is 0.0907 e. The zero-order chi connectivity index (χ0) is 9.42. The molecule has 2 unspecified atom stereocenters. The first-order chi connectivity index (χ1) is 6.33. The van der Waals surface area contributed by atoms with Crippen LogP contribution in [0.4, 0.5) is 0 Å². The first-order valence-corrected chi connectivity index (χ1v) is 5.82. The molecule has 1 aromatic rings. The highest BCUT2D eigenvalue weighted by atomic mass is 32.1. The number of aryl methyl sites for hydroxylation is 1. The monoisotopic (exact) mass is 193 g/mol. The van der Waals surface area contributed by atoms with Gasteiger partial charge in [0.15, 0.2) is 0 Å². The number of hydrogen-bond acceptors (Lipinski definition) is 2. The lowest BCUT2D eigenvalue weighted by Gasteiger charge is -1.88. The molecule has 2 aliphatic rings. The summed E-state index contributed by atoms with van der Waals surface area (Å²) in [5.41, 5.74) is 0. The average molecular weight is 193 g/mol. The van der Waals surface area contributed by atoms with Crippen LogP contribution in [0.25, 0.3) is 12.2 Å². The van der Waals surface area contributed by atoms with E-state index in [0.717, 1.165) is 11.8 Å². The van der Waals surface area contributed by atoms with E-state index in [0.29, 0.717) is 0 Å². The predicted molar refractivity (Wildman–Crippen MR) is 58.0 cm³/mol. The van der Waals surface area contributed by atoms with Crippen LogP contribution in [0.2, 0.25) is 0 Å². The molecule has 1 nitrogen and oxygen atoms in total. The van der Waals surface area contributed by atoms with Crippen LogP contribution in [0.1, 0.15) is 25.3 Å². The van der Waals surface area contributed by atoms with Crippen molar-refractivity contribution in [3.8, 4) is 0 Å². The molecule has 2 aliphatic carbocycles. The summed E-state index contributed by atoms with van der Waals surface area (Å²) in [5, 5.41) is 2.44. The number of thiazole rings is 1. The normalized spacial score (nSPS) is 27.0. The zero-order valence-electron chi connectivity index (χ0n) is 8.37. The van der Waals surface area contributed by atoms with Crippen molar-refractivity contribution in [3.63, 3.8) is 0 Å². The van der Waals surface area contributed by atoms with Crippen molar-refractivity contribution in [1.29, 1.82) is 0 Å². The molecule has 1 fully saturated rings. The van der Waals surface area contributed by atoms with Crippen LogP contribution >= 0.6 is 11.3 Å². The van der Waals surface area contributed by atoms with Crippen molar-refractivity contribution in [2.24, 2.45) is 11.8 Å². The summed E-state index contributed by atoms with van der Waals surface area (Å²) in [5.74, 6) is 1.70. The molecule has 2 atom stereocenters. The van der Waals surface area contributed by atoms with E-state index >= 15 is 0 Å². The molecule has 2 heteroatoms. The van der Waals surface area contributed by atoms with Crippen LogP contribution in [0.3, 0.4) is 0 Å². The fourth-order valence-corrected chi connectivity index (χ4v) is 2.64. The standard InChI is InChI=1S/C9H9NS.C2H6/c1-5-10-8-3-6-2-7(6)4-9(8)11-5;1-2/h3-4,6-7H,2H2,1H3;1-2H3. The Labute approximate surface area is 82.8 Å². The van der Waals surface area contributed by atoms with Gasteiger partial charge in [-0.2, -0.15) is 0 Å². The van der Waals surface area contributed by atoms with Gasteiger partial charge in [0, 0.05) is 0 Å². The highest BCUT2D eigenvalue weighted by Crippen LogP contribution is 2.41. The van der Waals surface area contributed by atoms with Crippen molar-refractivity contribution >= 4 is 23.5 Å². The third-order valence-electron chi connectivity index (χ3n) is 2.42. The summed E-state index contributed by atoms with van der Waals surface area (Å²) in [6.45, 7) is 6.08. The summed E-state index contributed by atoms with van der Waals surface area (Å²) in [6, 6.07) is 0. The molecule has 0 aliphatic heterocycles. The number of fused-ring (bicyclic) bond motifs is 2. The van der Waals surface area contributed by atoms with E-state index in [1.165, 1.54) is 21.3 Å². The van der Waals surface area contributed by atoms with Crippen LogP contribution in [-0.4, -0.2) is 4.98 Å². The minimum atomic E-state index is 0.837. The first kappa shape index (κ1) is 8.95. The molecule has 1 aromatic heterocycles. The van der Waals surface area contributed by atoms with E-state index in [1.54, 1.807) is 0 Å². The SMILES string of the molecule is CC.Cc1nc2c(s1)=CC1CC1C=2. The Hall–Kier alpha value is -0.630. The zero-order valence-corrected chi connectivity index (χ0v) is 9.19. The molecule has 13 heavy (non-hydrogen) atoms. The van der Waals surface area contributed by atoms with Gasteiger partial charge in [-0.15, -0.1) is 11.3 Å². The van der Waals surface area contributed by atoms with E-state index in [4.69, 9.17) is 0 Å². The fraction of sp³-hybridized carbons (Fsp3) is 0.545. The first-order valence-electron chi connectivity index (χ1n) is 5.00. The third-order valence-corrected chi connectivity index (χ3v) is 3.37. The van der Waals surface area contributed by atoms with Crippen LogP contribution in [0.5, 0.6) is 0 Å². The second-order valence-electron chi connectivity index (χ2n) is 3.38. The molecule has 3 rings (SSSR count). The molecule has 0 aromatic carbocycles. The maximum absolute atomic E-state index is 4.46. The Morgan fingerprint density at radius 1 is 1.31 bits per heavy atom. The van der Waals surface area contributed by atoms with Crippen LogP contribution in [-0.2, 0) is 0 Å². The smallest absolute Gasteiger partial charge is 0.0907 e. The Balaban J connectivity index is 0.000000308. The predicted octanol–water partition coefficient (Wildman–Crippen LogP) is 1.69. The summed E-state index contributed by atoms with van der Waals surface area (Å²) in [6.07, 6.45) is 6.09. The van der Waals surface area contributed by atoms with Gasteiger partial charge >= 0.3 is 0 Å². The molecule has 0 saturated heterocycles. The Morgan fingerprint density at radius 3 is 2.77 bits per heavy atom. The lowest BCUT2D eigenvalue weighted by molar-refractivity contribution is 1.05. The molecule has 0 radical (unpaired) electrons. The van der Waals surface area contributed by atoms with Gasteiger partial charge in [-0.25, -0.2) is 4.98 Å². The highest BCUT2D eigenvalue weighted by molar-refractivity contribution is 7.09. The van der Waals surface area contributed by atoms with E-state index in [9.17, 15) is 0 Å². The number of nitrogens with zero attached hydrogens (tertiary/aromatic N) is 1. The van der Waals surface area contributed by atoms with Crippen molar-refractivity contribution in [1.82, 2.24) is 4.98 Å². The molecular formula is C11H15NS. The quantitative estimate of drug-likeness (QED) is 0.611. The summed E-state index contributed by atoms with van der Waals surface area (Å²) in [7, 11) is 0. The van der Waals surface area contributed by atoms with E-state index in [-0.39, 0.29) is 0 Å².